The van der Waals surface area contributed by atoms with Gasteiger partial charge in [0.2, 0.25) is 0 Å². The maximum atomic E-state index is 13.4. The zero-order chi connectivity index (χ0) is 13.2. The Labute approximate surface area is 104 Å². The Bertz CT molecular complexity index is 423. The van der Waals surface area contributed by atoms with Gasteiger partial charge in [-0.1, -0.05) is 6.07 Å². The summed E-state index contributed by atoms with van der Waals surface area (Å²) in [7, 11) is 0. The van der Waals surface area contributed by atoms with Gasteiger partial charge in [0.15, 0.2) is 0 Å². The number of benzene rings is 1. The minimum atomic E-state index is -2.82. The first-order chi connectivity index (χ1) is 8.46. The summed E-state index contributed by atoms with van der Waals surface area (Å²) in [5, 5.41) is 0. The summed E-state index contributed by atoms with van der Waals surface area (Å²) in [5.74, 6) is -3.12. The molecule has 0 saturated carbocycles. The van der Waals surface area contributed by atoms with Crippen LogP contribution in [-0.2, 0) is 11.3 Å². The summed E-state index contributed by atoms with van der Waals surface area (Å²) in [6.07, 6.45) is 0. The SMILES string of the molecule is Cc1cc(F)ccc1CN1CCOCC(F)(F)C1. The highest BCUT2D eigenvalue weighted by Gasteiger charge is 2.34. The van der Waals surface area contributed by atoms with Gasteiger partial charge in [-0.05, 0) is 30.2 Å². The third-order valence-corrected chi connectivity index (χ3v) is 3.02. The van der Waals surface area contributed by atoms with E-state index in [0.717, 1.165) is 11.1 Å². The van der Waals surface area contributed by atoms with Crippen molar-refractivity contribution >= 4 is 0 Å². The summed E-state index contributed by atoms with van der Waals surface area (Å²) in [6.45, 7) is 2.11. The second-order valence-electron chi connectivity index (χ2n) is 4.69. The van der Waals surface area contributed by atoms with Crippen LogP contribution in [0.25, 0.3) is 0 Å². The first-order valence-corrected chi connectivity index (χ1v) is 5.89. The molecule has 0 unspecified atom stereocenters. The topological polar surface area (TPSA) is 12.5 Å². The second-order valence-corrected chi connectivity index (χ2v) is 4.69. The van der Waals surface area contributed by atoms with Crippen LogP contribution >= 0.6 is 0 Å². The predicted octanol–water partition coefficient (Wildman–Crippen LogP) is 2.60. The lowest BCUT2D eigenvalue weighted by Crippen LogP contribution is -2.37. The molecule has 1 aromatic carbocycles. The molecule has 1 heterocycles. The molecule has 0 bridgehead atoms. The van der Waals surface area contributed by atoms with Crippen molar-refractivity contribution in [2.75, 3.05) is 26.3 Å². The molecule has 1 fully saturated rings. The Kier molecular flexibility index (Phi) is 3.92. The first-order valence-electron chi connectivity index (χ1n) is 5.89. The minimum absolute atomic E-state index is 0.301. The quantitative estimate of drug-likeness (QED) is 0.809. The number of nitrogens with zero attached hydrogens (tertiary/aromatic N) is 1. The molecule has 1 saturated heterocycles. The van der Waals surface area contributed by atoms with Crippen LogP contribution in [0, 0.1) is 12.7 Å². The molecule has 2 rings (SSSR count). The maximum absolute atomic E-state index is 13.4. The fourth-order valence-electron chi connectivity index (χ4n) is 2.08. The van der Waals surface area contributed by atoms with Crippen molar-refractivity contribution in [2.24, 2.45) is 0 Å². The molecule has 0 atom stereocenters. The van der Waals surface area contributed by atoms with Gasteiger partial charge in [-0.15, -0.1) is 0 Å². The van der Waals surface area contributed by atoms with Crippen LogP contribution < -0.4 is 0 Å². The standard InChI is InChI=1S/C13H16F3NO/c1-10-6-12(14)3-2-11(10)7-17-4-5-18-9-13(15,16)8-17/h2-3,6H,4-5,7-9H2,1H3. The van der Waals surface area contributed by atoms with Gasteiger partial charge < -0.3 is 4.74 Å². The molecule has 0 aliphatic carbocycles. The van der Waals surface area contributed by atoms with E-state index in [2.05, 4.69) is 0 Å². The van der Waals surface area contributed by atoms with E-state index in [1.807, 2.05) is 0 Å². The molecular formula is C13H16F3NO. The molecule has 1 aliphatic rings. The van der Waals surface area contributed by atoms with Crippen LogP contribution in [0.4, 0.5) is 13.2 Å². The van der Waals surface area contributed by atoms with Crippen LogP contribution in [0.15, 0.2) is 18.2 Å². The van der Waals surface area contributed by atoms with E-state index in [9.17, 15) is 13.2 Å². The molecule has 0 spiro atoms. The van der Waals surface area contributed by atoms with E-state index in [-0.39, 0.29) is 12.4 Å². The third-order valence-electron chi connectivity index (χ3n) is 3.02. The van der Waals surface area contributed by atoms with Gasteiger partial charge in [0.1, 0.15) is 12.4 Å². The lowest BCUT2D eigenvalue weighted by Gasteiger charge is -2.23. The summed E-state index contributed by atoms with van der Waals surface area (Å²) in [5.41, 5.74) is 1.65. The highest BCUT2D eigenvalue weighted by Crippen LogP contribution is 2.21. The molecular weight excluding hydrogens is 243 g/mol. The summed E-state index contributed by atoms with van der Waals surface area (Å²) in [6, 6.07) is 4.42. The highest BCUT2D eigenvalue weighted by atomic mass is 19.3. The number of alkyl halides is 2. The van der Waals surface area contributed by atoms with Gasteiger partial charge in [-0.2, -0.15) is 0 Å². The van der Waals surface area contributed by atoms with Crippen molar-refractivity contribution in [1.29, 1.82) is 0 Å². The van der Waals surface area contributed by atoms with Gasteiger partial charge in [-0.3, -0.25) is 4.90 Å². The number of ether oxygens (including phenoxy) is 1. The van der Waals surface area contributed by atoms with Crippen molar-refractivity contribution in [2.45, 2.75) is 19.4 Å². The lowest BCUT2D eigenvalue weighted by molar-refractivity contribution is -0.0689. The van der Waals surface area contributed by atoms with Crippen LogP contribution in [0.1, 0.15) is 11.1 Å². The third kappa shape index (κ3) is 3.46. The summed E-state index contributed by atoms with van der Waals surface area (Å²) in [4.78, 5) is 1.65. The smallest absolute Gasteiger partial charge is 0.283 e. The van der Waals surface area contributed by atoms with Crippen LogP contribution in [0.5, 0.6) is 0 Å². The Balaban J connectivity index is 2.07. The summed E-state index contributed by atoms with van der Waals surface area (Å²) >= 11 is 0. The second kappa shape index (κ2) is 5.28. The number of hydrogen-bond donors (Lipinski definition) is 0. The molecule has 0 N–H and O–H groups in total. The number of aryl methyl sites for hydroxylation is 1. The van der Waals surface area contributed by atoms with Crippen LogP contribution in [0.2, 0.25) is 0 Å². The van der Waals surface area contributed by atoms with Gasteiger partial charge in [0.25, 0.3) is 5.92 Å². The largest absolute Gasteiger partial charge is 0.374 e. The van der Waals surface area contributed by atoms with Gasteiger partial charge in [-0.25, -0.2) is 13.2 Å². The fraction of sp³-hybridized carbons (Fsp3) is 0.538. The monoisotopic (exact) mass is 259 g/mol. The molecule has 18 heavy (non-hydrogen) atoms. The molecule has 0 amide bonds. The van der Waals surface area contributed by atoms with Crippen LogP contribution in [-0.4, -0.2) is 37.1 Å². The number of halogens is 3. The van der Waals surface area contributed by atoms with Crippen molar-refractivity contribution in [1.82, 2.24) is 4.90 Å². The zero-order valence-corrected chi connectivity index (χ0v) is 10.3. The minimum Gasteiger partial charge on any atom is -0.374 e. The van der Waals surface area contributed by atoms with E-state index in [1.165, 1.54) is 12.1 Å². The van der Waals surface area contributed by atoms with Crippen molar-refractivity contribution in [3.05, 3.63) is 35.1 Å². The highest BCUT2D eigenvalue weighted by molar-refractivity contribution is 5.26. The fourth-order valence-corrected chi connectivity index (χ4v) is 2.08. The summed E-state index contributed by atoms with van der Waals surface area (Å²) < 4.78 is 44.5. The molecule has 1 aliphatic heterocycles. The van der Waals surface area contributed by atoms with Crippen molar-refractivity contribution in [3.8, 4) is 0 Å². The number of hydrogen-bond acceptors (Lipinski definition) is 2. The molecule has 0 radical (unpaired) electrons. The Morgan fingerprint density at radius 2 is 2.17 bits per heavy atom. The maximum Gasteiger partial charge on any atom is 0.283 e. The van der Waals surface area contributed by atoms with E-state index >= 15 is 0 Å². The van der Waals surface area contributed by atoms with E-state index in [1.54, 1.807) is 17.9 Å². The van der Waals surface area contributed by atoms with Crippen molar-refractivity contribution in [3.63, 3.8) is 0 Å². The molecule has 5 heteroatoms. The lowest BCUT2D eigenvalue weighted by atomic mass is 10.1. The average molecular weight is 259 g/mol. The molecule has 0 aromatic heterocycles. The van der Waals surface area contributed by atoms with E-state index in [0.29, 0.717) is 19.7 Å². The van der Waals surface area contributed by atoms with Crippen LogP contribution in [0.3, 0.4) is 0 Å². The Morgan fingerprint density at radius 3 is 2.89 bits per heavy atom. The zero-order valence-electron chi connectivity index (χ0n) is 10.3. The van der Waals surface area contributed by atoms with E-state index in [4.69, 9.17) is 4.74 Å². The van der Waals surface area contributed by atoms with Gasteiger partial charge in [0.05, 0.1) is 13.2 Å². The molecule has 2 nitrogen and oxygen atoms in total. The van der Waals surface area contributed by atoms with E-state index < -0.39 is 12.5 Å². The van der Waals surface area contributed by atoms with Gasteiger partial charge in [0, 0.05) is 13.1 Å². The first kappa shape index (κ1) is 13.4. The molecule has 100 valence electrons. The Morgan fingerprint density at radius 1 is 1.39 bits per heavy atom. The normalized spacial score (nSPS) is 20.7. The predicted molar refractivity (Wildman–Crippen MR) is 62.2 cm³/mol. The van der Waals surface area contributed by atoms with Gasteiger partial charge >= 0.3 is 0 Å². The number of rotatable bonds is 2. The molecule has 1 aromatic rings. The average Bonchev–Trinajstić information content (AvgIpc) is 2.43. The van der Waals surface area contributed by atoms with Crippen molar-refractivity contribution < 1.29 is 17.9 Å². The Hall–Kier alpha value is -1.07.